The lowest BCUT2D eigenvalue weighted by atomic mass is 10.3. The topological polar surface area (TPSA) is 112 Å². The van der Waals surface area contributed by atoms with Gasteiger partial charge < -0.3 is 4.98 Å². The van der Waals surface area contributed by atoms with Crippen molar-refractivity contribution in [1.82, 2.24) is 9.97 Å². The van der Waals surface area contributed by atoms with Crippen LogP contribution in [0.25, 0.3) is 11.0 Å². The molecule has 136 valence electrons. The van der Waals surface area contributed by atoms with Gasteiger partial charge in [-0.2, -0.15) is 0 Å². The van der Waals surface area contributed by atoms with Crippen molar-refractivity contribution in [3.63, 3.8) is 0 Å². The van der Waals surface area contributed by atoms with Crippen molar-refractivity contribution in [2.24, 2.45) is 0 Å². The van der Waals surface area contributed by atoms with Crippen LogP contribution in [-0.4, -0.2) is 39.1 Å². The van der Waals surface area contributed by atoms with Crippen molar-refractivity contribution in [3.8, 4) is 0 Å². The summed E-state index contributed by atoms with van der Waals surface area (Å²) >= 11 is 0. The van der Waals surface area contributed by atoms with Gasteiger partial charge in [-0.3, -0.25) is 9.03 Å². The Hall–Kier alpha value is -2.59. The minimum absolute atomic E-state index is 0.104. The van der Waals surface area contributed by atoms with Gasteiger partial charge in [0.15, 0.2) is 0 Å². The molecule has 1 fully saturated rings. The van der Waals surface area contributed by atoms with Crippen molar-refractivity contribution in [2.45, 2.75) is 11.3 Å². The average Bonchev–Trinajstić information content (AvgIpc) is 3.18. The first-order valence-corrected chi connectivity index (χ1v) is 11.0. The van der Waals surface area contributed by atoms with E-state index >= 15 is 0 Å². The summed E-state index contributed by atoms with van der Waals surface area (Å²) in [7, 11) is -7.07. The van der Waals surface area contributed by atoms with Crippen molar-refractivity contribution >= 4 is 42.5 Å². The number of hydrogen-bond acceptors (Lipinski definition) is 5. The number of nitrogens with one attached hydrogen (secondary N) is 2. The standard InChI is InChI=1S/C16H16N4O4S2/c21-25(22)10-2-9-20(25)13-6-4-12(5-7-13)19-26(23,24)15-11-18-16-14(15)3-1-8-17-16/h1,3-8,11,19H,2,9-10H2,(H,17,18). The largest absolute Gasteiger partial charge is 0.345 e. The number of rotatable bonds is 4. The fraction of sp³-hybridized carbons (Fsp3) is 0.188. The zero-order valence-corrected chi connectivity index (χ0v) is 15.2. The molecule has 8 nitrogen and oxygen atoms in total. The number of anilines is 2. The van der Waals surface area contributed by atoms with E-state index in [0.717, 1.165) is 0 Å². The summed E-state index contributed by atoms with van der Waals surface area (Å²) in [6.07, 6.45) is 3.56. The molecule has 26 heavy (non-hydrogen) atoms. The van der Waals surface area contributed by atoms with Crippen LogP contribution in [0.5, 0.6) is 0 Å². The second-order valence-corrected chi connectivity index (χ2v) is 9.61. The number of nitrogens with zero attached hydrogens (tertiary/aromatic N) is 2. The number of fused-ring (bicyclic) bond motifs is 1. The lowest BCUT2D eigenvalue weighted by Gasteiger charge is -2.17. The van der Waals surface area contributed by atoms with Gasteiger partial charge in [-0.15, -0.1) is 0 Å². The highest BCUT2D eigenvalue weighted by molar-refractivity contribution is 7.93. The van der Waals surface area contributed by atoms with Crippen LogP contribution >= 0.6 is 0 Å². The van der Waals surface area contributed by atoms with E-state index in [9.17, 15) is 16.8 Å². The van der Waals surface area contributed by atoms with Crippen LogP contribution in [-0.2, 0) is 20.0 Å². The first kappa shape index (κ1) is 16.9. The number of sulfonamides is 2. The summed E-state index contributed by atoms with van der Waals surface area (Å²) < 4.78 is 53.1. The van der Waals surface area contributed by atoms with Gasteiger partial charge in [-0.25, -0.2) is 21.8 Å². The zero-order chi connectivity index (χ0) is 18.4. The SMILES string of the molecule is O=S(=O)(Nc1ccc(N2CCCS2(=O)=O)cc1)c1c[nH]c2ncccc12. The highest BCUT2D eigenvalue weighted by Crippen LogP contribution is 2.27. The molecule has 0 amide bonds. The van der Waals surface area contributed by atoms with Gasteiger partial charge in [0, 0.05) is 30.0 Å². The molecule has 0 atom stereocenters. The summed E-state index contributed by atoms with van der Waals surface area (Å²) in [6, 6.07) is 9.63. The second kappa shape index (κ2) is 5.99. The van der Waals surface area contributed by atoms with Crippen LogP contribution in [0.4, 0.5) is 11.4 Å². The zero-order valence-electron chi connectivity index (χ0n) is 13.6. The maximum Gasteiger partial charge on any atom is 0.264 e. The fourth-order valence-electron chi connectivity index (χ4n) is 2.99. The predicted octanol–water partition coefficient (Wildman–Crippen LogP) is 1.90. The van der Waals surface area contributed by atoms with Gasteiger partial charge in [0.1, 0.15) is 10.5 Å². The van der Waals surface area contributed by atoms with E-state index in [4.69, 9.17) is 0 Å². The number of hydrogen-bond donors (Lipinski definition) is 2. The Morgan fingerprint density at radius 3 is 2.62 bits per heavy atom. The monoisotopic (exact) mass is 392 g/mol. The summed E-state index contributed by atoms with van der Waals surface area (Å²) in [5.41, 5.74) is 1.37. The minimum atomic E-state index is -3.80. The first-order valence-electron chi connectivity index (χ1n) is 7.92. The predicted molar refractivity (Wildman–Crippen MR) is 99.1 cm³/mol. The number of aromatic amines is 1. The van der Waals surface area contributed by atoms with Crippen LogP contribution in [0.3, 0.4) is 0 Å². The molecule has 1 aliphatic heterocycles. The van der Waals surface area contributed by atoms with Crippen molar-refractivity contribution in [2.75, 3.05) is 21.3 Å². The smallest absolute Gasteiger partial charge is 0.264 e. The Morgan fingerprint density at radius 1 is 1.15 bits per heavy atom. The van der Waals surface area contributed by atoms with Gasteiger partial charge in [0.05, 0.1) is 11.4 Å². The Bertz CT molecular complexity index is 1170. The van der Waals surface area contributed by atoms with Gasteiger partial charge in [0.2, 0.25) is 10.0 Å². The number of pyridine rings is 1. The number of benzene rings is 1. The summed E-state index contributed by atoms with van der Waals surface area (Å²) in [5.74, 6) is 0.135. The van der Waals surface area contributed by atoms with Crippen molar-refractivity contribution in [3.05, 3.63) is 48.8 Å². The molecule has 1 saturated heterocycles. The van der Waals surface area contributed by atoms with Crippen LogP contribution in [0.15, 0.2) is 53.7 Å². The highest BCUT2D eigenvalue weighted by Gasteiger charge is 2.28. The molecule has 2 aromatic heterocycles. The molecular weight excluding hydrogens is 376 g/mol. The molecule has 0 radical (unpaired) electrons. The summed E-state index contributed by atoms with van der Waals surface area (Å²) in [6.45, 7) is 0.440. The molecule has 2 N–H and O–H groups in total. The van der Waals surface area contributed by atoms with Gasteiger partial charge in [-0.05, 0) is 42.8 Å². The molecule has 0 spiro atoms. The summed E-state index contributed by atoms with van der Waals surface area (Å²) in [4.78, 5) is 7.02. The van der Waals surface area contributed by atoms with E-state index < -0.39 is 20.0 Å². The Balaban J connectivity index is 1.61. The lowest BCUT2D eigenvalue weighted by Crippen LogP contribution is -2.25. The molecule has 10 heteroatoms. The third kappa shape index (κ3) is 2.90. The Morgan fingerprint density at radius 2 is 1.92 bits per heavy atom. The second-order valence-electron chi connectivity index (χ2n) is 5.95. The Kier molecular flexibility index (Phi) is 3.88. The minimum Gasteiger partial charge on any atom is -0.345 e. The van der Waals surface area contributed by atoms with Gasteiger partial charge in [-0.1, -0.05) is 0 Å². The van der Waals surface area contributed by atoms with Crippen LogP contribution in [0.2, 0.25) is 0 Å². The summed E-state index contributed by atoms with van der Waals surface area (Å²) in [5, 5.41) is 0.500. The average molecular weight is 392 g/mol. The molecule has 0 bridgehead atoms. The molecular formula is C16H16N4O4S2. The van der Waals surface area contributed by atoms with E-state index in [1.54, 1.807) is 42.6 Å². The highest BCUT2D eigenvalue weighted by atomic mass is 32.2. The third-order valence-electron chi connectivity index (χ3n) is 4.21. The quantitative estimate of drug-likeness (QED) is 0.704. The van der Waals surface area contributed by atoms with Crippen LogP contribution in [0.1, 0.15) is 6.42 Å². The molecule has 4 rings (SSSR count). The van der Waals surface area contributed by atoms with E-state index in [2.05, 4.69) is 14.7 Å². The maximum atomic E-state index is 12.7. The molecule has 1 aromatic carbocycles. The molecule has 0 aliphatic carbocycles. The first-order chi connectivity index (χ1) is 12.4. The maximum absolute atomic E-state index is 12.7. The third-order valence-corrected chi connectivity index (χ3v) is 7.50. The van der Waals surface area contributed by atoms with E-state index in [0.29, 0.717) is 35.4 Å². The van der Waals surface area contributed by atoms with Gasteiger partial charge >= 0.3 is 0 Å². The molecule has 3 heterocycles. The molecule has 3 aromatic rings. The van der Waals surface area contributed by atoms with E-state index in [-0.39, 0.29) is 10.6 Å². The Labute approximate surface area is 151 Å². The van der Waals surface area contributed by atoms with Gasteiger partial charge in [0.25, 0.3) is 10.0 Å². The molecule has 0 unspecified atom stereocenters. The van der Waals surface area contributed by atoms with Crippen LogP contribution < -0.4 is 9.03 Å². The normalized spacial score (nSPS) is 16.8. The van der Waals surface area contributed by atoms with Crippen molar-refractivity contribution in [1.29, 1.82) is 0 Å². The van der Waals surface area contributed by atoms with E-state index in [1.807, 2.05) is 0 Å². The number of aromatic nitrogens is 2. The number of H-pyrrole nitrogens is 1. The molecule has 0 saturated carbocycles. The van der Waals surface area contributed by atoms with Crippen molar-refractivity contribution < 1.29 is 16.8 Å². The lowest BCUT2D eigenvalue weighted by molar-refractivity contribution is 0.598. The van der Waals surface area contributed by atoms with Crippen LogP contribution in [0, 0.1) is 0 Å². The van der Waals surface area contributed by atoms with E-state index in [1.165, 1.54) is 10.5 Å². The fourth-order valence-corrected chi connectivity index (χ4v) is 5.78. The molecule has 1 aliphatic rings.